The van der Waals surface area contributed by atoms with Crippen LogP contribution in [-0.4, -0.2) is 37.5 Å². The Kier molecular flexibility index (Phi) is 3.75. The number of nitrogen functional groups attached to an aromatic ring is 1. The second-order valence-electron chi connectivity index (χ2n) is 4.47. The summed E-state index contributed by atoms with van der Waals surface area (Å²) in [5.74, 6) is -2.42. The fourth-order valence-corrected chi connectivity index (χ4v) is 3.66. The number of hydrogen-bond donors (Lipinski definition) is 2. The summed E-state index contributed by atoms with van der Waals surface area (Å²) >= 11 is 0. The van der Waals surface area contributed by atoms with Crippen molar-refractivity contribution in [2.24, 2.45) is 5.92 Å². The quantitative estimate of drug-likeness (QED) is 0.797. The Morgan fingerprint density at radius 2 is 2.11 bits per heavy atom. The molecule has 1 aliphatic heterocycles. The maximum atomic E-state index is 13.8. The van der Waals surface area contributed by atoms with Crippen LogP contribution in [0.4, 0.5) is 14.5 Å². The Morgan fingerprint density at radius 3 is 2.68 bits per heavy atom. The highest BCUT2D eigenvalue weighted by atomic mass is 32.2. The van der Waals surface area contributed by atoms with Crippen LogP contribution in [0, 0.1) is 17.6 Å². The second kappa shape index (κ2) is 5.03. The van der Waals surface area contributed by atoms with Gasteiger partial charge in [-0.1, -0.05) is 0 Å². The van der Waals surface area contributed by atoms with E-state index in [4.69, 9.17) is 10.8 Å². The third-order valence-corrected chi connectivity index (χ3v) is 5.10. The van der Waals surface area contributed by atoms with Crippen molar-refractivity contribution in [3.63, 3.8) is 0 Å². The van der Waals surface area contributed by atoms with Gasteiger partial charge in [0.15, 0.2) is 5.82 Å². The number of hydrogen-bond acceptors (Lipinski definition) is 4. The molecule has 1 unspecified atom stereocenters. The zero-order valence-corrected chi connectivity index (χ0v) is 10.8. The average Bonchev–Trinajstić information content (AvgIpc) is 2.85. The fourth-order valence-electron chi connectivity index (χ4n) is 2.05. The van der Waals surface area contributed by atoms with Crippen LogP contribution in [0.25, 0.3) is 0 Å². The zero-order valence-electron chi connectivity index (χ0n) is 10.0. The topological polar surface area (TPSA) is 83.6 Å². The standard InChI is InChI=1S/C11H14F2N2O3S/c12-8-1-2-9(10(13)11(8)14)19(17,18)15-4-3-7(5-15)6-16/h1-2,7,16H,3-6,14H2. The van der Waals surface area contributed by atoms with Gasteiger partial charge in [-0.2, -0.15) is 4.31 Å². The van der Waals surface area contributed by atoms with Crippen molar-refractivity contribution in [2.45, 2.75) is 11.3 Å². The zero-order chi connectivity index (χ0) is 14.2. The molecule has 1 atom stereocenters. The molecule has 8 heteroatoms. The summed E-state index contributed by atoms with van der Waals surface area (Å²) in [6.07, 6.45) is 0.508. The SMILES string of the molecule is Nc1c(F)ccc(S(=O)(=O)N2CCC(CO)C2)c1F. The maximum absolute atomic E-state index is 13.8. The molecule has 0 spiro atoms. The van der Waals surface area contributed by atoms with E-state index in [0.717, 1.165) is 16.4 Å². The molecule has 106 valence electrons. The van der Waals surface area contributed by atoms with Crippen molar-refractivity contribution in [2.75, 3.05) is 25.4 Å². The van der Waals surface area contributed by atoms with E-state index in [1.54, 1.807) is 0 Å². The number of benzene rings is 1. The predicted octanol–water partition coefficient (Wildman–Crippen LogP) is 0.550. The predicted molar refractivity (Wildman–Crippen MR) is 64.7 cm³/mol. The number of sulfonamides is 1. The van der Waals surface area contributed by atoms with E-state index in [-0.39, 0.29) is 25.6 Å². The maximum Gasteiger partial charge on any atom is 0.246 e. The second-order valence-corrected chi connectivity index (χ2v) is 6.38. The number of rotatable bonds is 3. The van der Waals surface area contributed by atoms with Crippen molar-refractivity contribution >= 4 is 15.7 Å². The van der Waals surface area contributed by atoms with Gasteiger partial charge >= 0.3 is 0 Å². The molecule has 5 nitrogen and oxygen atoms in total. The summed E-state index contributed by atoms with van der Waals surface area (Å²) in [6.45, 7) is 0.194. The van der Waals surface area contributed by atoms with Gasteiger partial charge in [-0.05, 0) is 24.5 Å². The number of nitrogens with two attached hydrogens (primary N) is 1. The van der Waals surface area contributed by atoms with E-state index in [2.05, 4.69) is 0 Å². The van der Waals surface area contributed by atoms with E-state index in [1.165, 1.54) is 0 Å². The van der Waals surface area contributed by atoms with Crippen LogP contribution in [0.1, 0.15) is 6.42 Å². The lowest BCUT2D eigenvalue weighted by molar-refractivity contribution is 0.233. The van der Waals surface area contributed by atoms with E-state index >= 15 is 0 Å². The summed E-state index contributed by atoms with van der Waals surface area (Å²) in [5, 5.41) is 8.99. The molecular formula is C11H14F2N2O3S. The molecule has 0 aromatic heterocycles. The lowest BCUT2D eigenvalue weighted by Gasteiger charge is -2.17. The van der Waals surface area contributed by atoms with Gasteiger partial charge in [-0.15, -0.1) is 0 Å². The molecule has 3 N–H and O–H groups in total. The first-order valence-electron chi connectivity index (χ1n) is 5.72. The Balaban J connectivity index is 2.38. The molecular weight excluding hydrogens is 278 g/mol. The van der Waals surface area contributed by atoms with E-state index in [0.29, 0.717) is 6.42 Å². The van der Waals surface area contributed by atoms with Crippen LogP contribution >= 0.6 is 0 Å². The molecule has 0 aliphatic carbocycles. The molecule has 0 radical (unpaired) electrons. The van der Waals surface area contributed by atoms with Crippen molar-refractivity contribution in [3.8, 4) is 0 Å². The minimum absolute atomic E-state index is 0.121. The van der Waals surface area contributed by atoms with Crippen LogP contribution in [0.2, 0.25) is 0 Å². The van der Waals surface area contributed by atoms with Gasteiger partial charge in [0.2, 0.25) is 10.0 Å². The number of aliphatic hydroxyl groups is 1. The Hall–Kier alpha value is -1.25. The van der Waals surface area contributed by atoms with Crippen LogP contribution in [0.3, 0.4) is 0 Å². The normalized spacial score (nSPS) is 20.9. The molecule has 1 saturated heterocycles. The highest BCUT2D eigenvalue weighted by Crippen LogP contribution is 2.28. The molecule has 19 heavy (non-hydrogen) atoms. The number of nitrogens with zero attached hydrogens (tertiary/aromatic N) is 1. The van der Waals surface area contributed by atoms with Gasteiger partial charge in [0.25, 0.3) is 0 Å². The molecule has 1 heterocycles. The minimum Gasteiger partial charge on any atom is -0.396 e. The molecule has 1 aromatic rings. The lowest BCUT2D eigenvalue weighted by atomic mass is 10.1. The minimum atomic E-state index is -4.05. The summed E-state index contributed by atoms with van der Waals surface area (Å²) < 4.78 is 52.3. The summed E-state index contributed by atoms with van der Waals surface area (Å²) in [5.41, 5.74) is 4.35. The monoisotopic (exact) mass is 292 g/mol. The molecule has 2 rings (SSSR count). The van der Waals surface area contributed by atoms with Crippen molar-refractivity contribution in [3.05, 3.63) is 23.8 Å². The van der Waals surface area contributed by atoms with Gasteiger partial charge in [-0.3, -0.25) is 0 Å². The molecule has 1 aliphatic rings. The Bertz CT molecular complexity index is 592. The first kappa shape index (κ1) is 14.2. The highest BCUT2D eigenvalue weighted by Gasteiger charge is 2.34. The van der Waals surface area contributed by atoms with Crippen molar-refractivity contribution in [1.29, 1.82) is 0 Å². The summed E-state index contributed by atoms with van der Waals surface area (Å²) in [7, 11) is -4.05. The molecule has 0 bridgehead atoms. The number of anilines is 1. The largest absolute Gasteiger partial charge is 0.396 e. The van der Waals surface area contributed by atoms with Crippen molar-refractivity contribution < 1.29 is 22.3 Å². The smallest absolute Gasteiger partial charge is 0.246 e. The Labute approximate surface area is 109 Å². The first-order chi connectivity index (χ1) is 8.87. The molecule has 1 aromatic carbocycles. The van der Waals surface area contributed by atoms with Crippen LogP contribution in [-0.2, 0) is 10.0 Å². The van der Waals surface area contributed by atoms with Crippen molar-refractivity contribution in [1.82, 2.24) is 4.31 Å². The van der Waals surface area contributed by atoms with Crippen LogP contribution in [0.5, 0.6) is 0 Å². The Morgan fingerprint density at radius 1 is 1.42 bits per heavy atom. The third-order valence-electron chi connectivity index (χ3n) is 3.22. The molecule has 0 amide bonds. The van der Waals surface area contributed by atoms with Gasteiger partial charge < -0.3 is 10.8 Å². The van der Waals surface area contributed by atoms with Crippen LogP contribution < -0.4 is 5.73 Å². The first-order valence-corrected chi connectivity index (χ1v) is 7.16. The van der Waals surface area contributed by atoms with E-state index in [9.17, 15) is 17.2 Å². The fraction of sp³-hybridized carbons (Fsp3) is 0.455. The van der Waals surface area contributed by atoms with Gasteiger partial charge in [-0.25, -0.2) is 17.2 Å². The van der Waals surface area contributed by atoms with Gasteiger partial charge in [0.1, 0.15) is 16.4 Å². The average molecular weight is 292 g/mol. The lowest BCUT2D eigenvalue weighted by Crippen LogP contribution is -2.30. The highest BCUT2D eigenvalue weighted by molar-refractivity contribution is 7.89. The van der Waals surface area contributed by atoms with Gasteiger partial charge in [0, 0.05) is 19.7 Å². The third kappa shape index (κ3) is 2.43. The number of halogens is 2. The molecule has 1 fully saturated rings. The number of aliphatic hydroxyl groups excluding tert-OH is 1. The summed E-state index contributed by atoms with van der Waals surface area (Å²) in [6, 6.07) is 1.69. The molecule has 0 saturated carbocycles. The van der Waals surface area contributed by atoms with E-state index in [1.807, 2.05) is 0 Å². The van der Waals surface area contributed by atoms with Crippen LogP contribution in [0.15, 0.2) is 17.0 Å². The summed E-state index contributed by atoms with van der Waals surface area (Å²) in [4.78, 5) is -0.634. The van der Waals surface area contributed by atoms with Gasteiger partial charge in [0.05, 0.1) is 0 Å². The van der Waals surface area contributed by atoms with E-state index < -0.39 is 32.2 Å².